The van der Waals surface area contributed by atoms with Gasteiger partial charge in [-0.15, -0.1) is 0 Å². The van der Waals surface area contributed by atoms with Crippen molar-refractivity contribution in [3.63, 3.8) is 0 Å². The molecule has 1 amide bonds. The first-order valence-electron chi connectivity index (χ1n) is 10.4. The summed E-state index contributed by atoms with van der Waals surface area (Å²) >= 11 is 0. The number of likely N-dealkylation sites (tertiary alicyclic amines) is 1. The Morgan fingerprint density at radius 1 is 1.25 bits per heavy atom. The van der Waals surface area contributed by atoms with Crippen LogP contribution in [0, 0.1) is 17.8 Å². The van der Waals surface area contributed by atoms with Crippen LogP contribution in [0.3, 0.4) is 0 Å². The Hall–Kier alpha value is -1.57. The van der Waals surface area contributed by atoms with Crippen LogP contribution in [0.15, 0.2) is 12.3 Å². The molecule has 0 radical (unpaired) electrons. The molecule has 1 N–H and O–H groups in total. The van der Waals surface area contributed by atoms with E-state index >= 15 is 0 Å². The second-order valence-electron chi connectivity index (χ2n) is 8.88. The smallest absolute Gasteiger partial charge is 0.352 e. The molecule has 3 fully saturated rings. The van der Waals surface area contributed by atoms with Gasteiger partial charge in [-0.05, 0) is 62.8 Å². The van der Waals surface area contributed by atoms with E-state index in [1.165, 1.54) is 36.6 Å². The molecule has 1 aliphatic heterocycles. The zero-order valence-corrected chi connectivity index (χ0v) is 16.3. The van der Waals surface area contributed by atoms with Gasteiger partial charge in [-0.1, -0.05) is 6.42 Å². The molecule has 8 heteroatoms. The van der Waals surface area contributed by atoms with E-state index < -0.39 is 11.9 Å². The average molecular weight is 398 g/mol. The van der Waals surface area contributed by atoms with Gasteiger partial charge >= 0.3 is 6.18 Å². The number of carbonyl (C=O) groups excluding carboxylic acids is 1. The number of rotatable bonds is 5. The SMILES string of the molecule is CC(NC(=O)CN1CCC(n2ccc(C(F)(F)F)n2)CC1)C1CC2CCC1C2. The molecule has 0 spiro atoms. The summed E-state index contributed by atoms with van der Waals surface area (Å²) in [6, 6.07) is 1.21. The molecule has 2 bridgehead atoms. The standard InChI is InChI=1S/C20H29F3N4O/c1-13(17-11-14-2-3-15(17)10-14)24-19(28)12-26-7-4-16(5-8-26)27-9-6-18(25-27)20(21,22)23/h6,9,13-17H,2-5,7-8,10-12H2,1H3,(H,24,28). The maximum absolute atomic E-state index is 12.7. The number of piperidine rings is 1. The van der Waals surface area contributed by atoms with E-state index in [4.69, 9.17) is 0 Å². The molecule has 4 atom stereocenters. The van der Waals surface area contributed by atoms with Crippen LogP contribution in [0.1, 0.15) is 57.2 Å². The van der Waals surface area contributed by atoms with E-state index in [2.05, 4.69) is 22.2 Å². The second kappa shape index (κ2) is 7.69. The molecule has 2 aliphatic carbocycles. The van der Waals surface area contributed by atoms with Crippen LogP contribution in [0.5, 0.6) is 0 Å². The third-order valence-corrected chi connectivity index (χ3v) is 7.02. The minimum atomic E-state index is -4.40. The zero-order valence-electron chi connectivity index (χ0n) is 16.3. The lowest BCUT2D eigenvalue weighted by Gasteiger charge is -2.33. The van der Waals surface area contributed by atoms with Crippen molar-refractivity contribution in [2.75, 3.05) is 19.6 Å². The molecule has 0 aromatic carbocycles. The fourth-order valence-corrected chi connectivity index (χ4v) is 5.55. The minimum Gasteiger partial charge on any atom is -0.352 e. The molecule has 5 nitrogen and oxygen atoms in total. The molecule has 2 saturated carbocycles. The monoisotopic (exact) mass is 398 g/mol. The van der Waals surface area contributed by atoms with Crippen molar-refractivity contribution in [3.8, 4) is 0 Å². The zero-order chi connectivity index (χ0) is 19.9. The van der Waals surface area contributed by atoms with Gasteiger partial charge in [0.25, 0.3) is 0 Å². The van der Waals surface area contributed by atoms with Crippen LogP contribution in [-0.2, 0) is 11.0 Å². The number of amides is 1. The number of nitrogens with zero attached hydrogens (tertiary/aromatic N) is 3. The first kappa shape index (κ1) is 19.7. The summed E-state index contributed by atoms with van der Waals surface area (Å²) in [5.74, 6) is 2.34. The number of fused-ring (bicyclic) bond motifs is 2. The first-order valence-corrected chi connectivity index (χ1v) is 10.4. The Labute approximate surface area is 163 Å². The Balaban J connectivity index is 1.22. The topological polar surface area (TPSA) is 50.2 Å². The number of hydrogen-bond acceptors (Lipinski definition) is 3. The van der Waals surface area contributed by atoms with Crippen LogP contribution in [0.2, 0.25) is 0 Å². The van der Waals surface area contributed by atoms with Gasteiger partial charge in [-0.25, -0.2) is 0 Å². The molecule has 156 valence electrons. The molecule has 4 unspecified atom stereocenters. The van der Waals surface area contributed by atoms with E-state index in [0.29, 0.717) is 38.4 Å². The van der Waals surface area contributed by atoms with E-state index in [9.17, 15) is 18.0 Å². The summed E-state index contributed by atoms with van der Waals surface area (Å²) in [6.07, 6.45) is 3.67. The number of alkyl halides is 3. The summed E-state index contributed by atoms with van der Waals surface area (Å²) in [5.41, 5.74) is -0.844. The molecular formula is C20H29F3N4O. The highest BCUT2D eigenvalue weighted by Gasteiger charge is 2.42. The van der Waals surface area contributed by atoms with E-state index in [1.54, 1.807) is 0 Å². The Morgan fingerprint density at radius 3 is 2.57 bits per heavy atom. The van der Waals surface area contributed by atoms with E-state index in [-0.39, 0.29) is 18.0 Å². The van der Waals surface area contributed by atoms with Crippen molar-refractivity contribution >= 4 is 5.91 Å². The van der Waals surface area contributed by atoms with Gasteiger partial charge in [0.05, 0.1) is 12.6 Å². The minimum absolute atomic E-state index is 0.0385. The van der Waals surface area contributed by atoms with Gasteiger partial charge < -0.3 is 5.32 Å². The molecule has 1 aromatic heterocycles. The van der Waals surface area contributed by atoms with Gasteiger partial charge in [-0.2, -0.15) is 18.3 Å². The van der Waals surface area contributed by atoms with Crippen molar-refractivity contribution in [2.24, 2.45) is 17.8 Å². The third kappa shape index (κ3) is 4.21. The average Bonchev–Trinajstić information content (AvgIpc) is 3.38. The lowest BCUT2D eigenvalue weighted by atomic mass is 9.84. The van der Waals surface area contributed by atoms with Crippen LogP contribution >= 0.6 is 0 Å². The van der Waals surface area contributed by atoms with Gasteiger partial charge in [0.15, 0.2) is 5.69 Å². The summed E-state index contributed by atoms with van der Waals surface area (Å²) in [5, 5.41) is 6.88. The highest BCUT2D eigenvalue weighted by Crippen LogP contribution is 2.49. The summed E-state index contributed by atoms with van der Waals surface area (Å²) < 4.78 is 39.6. The van der Waals surface area contributed by atoms with Crippen LogP contribution in [0.25, 0.3) is 0 Å². The van der Waals surface area contributed by atoms with E-state index in [1.807, 2.05) is 0 Å². The number of carbonyl (C=O) groups is 1. The van der Waals surface area contributed by atoms with Gasteiger partial charge in [0.1, 0.15) is 0 Å². The van der Waals surface area contributed by atoms with Crippen molar-refractivity contribution in [2.45, 2.75) is 63.7 Å². The van der Waals surface area contributed by atoms with Crippen molar-refractivity contribution < 1.29 is 18.0 Å². The highest BCUT2D eigenvalue weighted by molar-refractivity contribution is 5.78. The number of nitrogens with one attached hydrogen (secondary N) is 1. The first-order chi connectivity index (χ1) is 13.3. The number of hydrogen-bond donors (Lipinski definition) is 1. The molecule has 28 heavy (non-hydrogen) atoms. The normalized spacial score (nSPS) is 29.9. The second-order valence-corrected chi connectivity index (χ2v) is 8.88. The van der Waals surface area contributed by atoms with Crippen molar-refractivity contribution in [3.05, 3.63) is 18.0 Å². The molecule has 2 heterocycles. The summed E-state index contributed by atoms with van der Waals surface area (Å²) in [7, 11) is 0. The number of halogens is 3. The lowest BCUT2D eigenvalue weighted by molar-refractivity contribution is -0.141. The van der Waals surface area contributed by atoms with Gasteiger partial charge in [0, 0.05) is 25.3 Å². The lowest BCUT2D eigenvalue weighted by Crippen LogP contribution is -2.46. The summed E-state index contributed by atoms with van der Waals surface area (Å²) in [6.45, 7) is 3.89. The largest absolute Gasteiger partial charge is 0.435 e. The quantitative estimate of drug-likeness (QED) is 0.826. The number of aromatic nitrogens is 2. The Bertz CT molecular complexity index is 696. The Morgan fingerprint density at radius 2 is 2.00 bits per heavy atom. The molecule has 1 aromatic rings. The predicted octanol–water partition coefficient (Wildman–Crippen LogP) is 3.48. The Kier molecular flexibility index (Phi) is 5.42. The van der Waals surface area contributed by atoms with Crippen LogP contribution < -0.4 is 5.32 Å². The summed E-state index contributed by atoms with van der Waals surface area (Å²) in [4.78, 5) is 14.5. The van der Waals surface area contributed by atoms with Crippen molar-refractivity contribution in [1.82, 2.24) is 20.0 Å². The van der Waals surface area contributed by atoms with Gasteiger partial charge in [-0.3, -0.25) is 14.4 Å². The van der Waals surface area contributed by atoms with Crippen LogP contribution in [0.4, 0.5) is 13.2 Å². The maximum Gasteiger partial charge on any atom is 0.435 e. The predicted molar refractivity (Wildman–Crippen MR) is 98.5 cm³/mol. The van der Waals surface area contributed by atoms with E-state index in [0.717, 1.165) is 17.9 Å². The molecule has 3 aliphatic rings. The molecular weight excluding hydrogens is 369 g/mol. The fourth-order valence-electron chi connectivity index (χ4n) is 5.55. The fraction of sp³-hybridized carbons (Fsp3) is 0.800. The molecule has 4 rings (SSSR count). The van der Waals surface area contributed by atoms with Crippen LogP contribution in [-0.4, -0.2) is 46.3 Å². The molecule has 1 saturated heterocycles. The van der Waals surface area contributed by atoms with Gasteiger partial charge in [0.2, 0.25) is 5.91 Å². The highest BCUT2D eigenvalue weighted by atomic mass is 19.4. The maximum atomic E-state index is 12.7. The van der Waals surface area contributed by atoms with Crippen molar-refractivity contribution in [1.29, 1.82) is 0 Å². The third-order valence-electron chi connectivity index (χ3n) is 7.02.